The Kier molecular flexibility index (Phi) is 7.75. The molecule has 10 aromatic carbocycles. The Bertz CT molecular complexity index is 3240. The molecule has 2 heteroatoms. The van der Waals surface area contributed by atoms with E-state index in [4.69, 9.17) is 0 Å². The van der Waals surface area contributed by atoms with Gasteiger partial charge in [0.2, 0.25) is 0 Å². The number of hydrogen-bond donors (Lipinski definition) is 0. The van der Waals surface area contributed by atoms with Gasteiger partial charge in [-0.1, -0.05) is 170 Å². The van der Waals surface area contributed by atoms with E-state index in [1.54, 1.807) is 0 Å². The molecule has 11 rings (SSSR count). The van der Waals surface area contributed by atoms with E-state index in [1.807, 2.05) is 11.3 Å². The lowest BCUT2D eigenvalue weighted by atomic mass is 9.92. The third-order valence-electron chi connectivity index (χ3n) is 11.2. The van der Waals surface area contributed by atoms with Crippen molar-refractivity contribution >= 4 is 80.9 Å². The molecule has 0 unspecified atom stereocenters. The van der Waals surface area contributed by atoms with Crippen LogP contribution in [-0.2, 0) is 0 Å². The van der Waals surface area contributed by atoms with Crippen molar-refractivity contribution in [2.75, 3.05) is 4.90 Å². The number of fused-ring (bicyclic) bond motifs is 7. The largest absolute Gasteiger partial charge is 0.310 e. The molecule has 0 N–H and O–H groups in total. The summed E-state index contributed by atoms with van der Waals surface area (Å²) in [5.41, 5.74) is 10.8. The molecule has 0 aliphatic heterocycles. The van der Waals surface area contributed by atoms with Gasteiger partial charge in [0, 0.05) is 42.6 Å². The lowest BCUT2D eigenvalue weighted by molar-refractivity contribution is 1.30. The molecular weight excluding hydrogens is 695 g/mol. The van der Waals surface area contributed by atoms with E-state index < -0.39 is 0 Å². The van der Waals surface area contributed by atoms with Crippen LogP contribution in [-0.4, -0.2) is 0 Å². The summed E-state index contributed by atoms with van der Waals surface area (Å²) in [6.45, 7) is 0. The van der Waals surface area contributed by atoms with Crippen molar-refractivity contribution in [2.24, 2.45) is 0 Å². The second kappa shape index (κ2) is 13.4. The van der Waals surface area contributed by atoms with E-state index in [0.717, 1.165) is 17.1 Å². The fourth-order valence-corrected chi connectivity index (χ4v) is 9.74. The fourth-order valence-electron chi connectivity index (χ4n) is 8.48. The van der Waals surface area contributed by atoms with Gasteiger partial charge in [-0.05, 0) is 103 Å². The van der Waals surface area contributed by atoms with E-state index in [-0.39, 0.29) is 0 Å². The van der Waals surface area contributed by atoms with E-state index in [9.17, 15) is 0 Å². The molecule has 0 spiro atoms. The Labute approximate surface area is 330 Å². The van der Waals surface area contributed by atoms with Crippen LogP contribution in [0.15, 0.2) is 212 Å². The van der Waals surface area contributed by atoms with Crippen molar-refractivity contribution in [1.29, 1.82) is 0 Å². The normalized spacial score (nSPS) is 11.6. The Morgan fingerprint density at radius 2 is 0.875 bits per heavy atom. The maximum absolute atomic E-state index is 2.44. The molecule has 262 valence electrons. The molecule has 0 atom stereocenters. The zero-order chi connectivity index (χ0) is 37.0. The maximum atomic E-state index is 2.44. The first-order chi connectivity index (χ1) is 27.7. The summed E-state index contributed by atoms with van der Waals surface area (Å²) >= 11 is 1.90. The summed E-state index contributed by atoms with van der Waals surface area (Å²) in [4.78, 5) is 2.41. The molecule has 1 heterocycles. The number of hydrogen-bond acceptors (Lipinski definition) is 2. The van der Waals surface area contributed by atoms with E-state index in [1.165, 1.54) is 85.9 Å². The van der Waals surface area contributed by atoms with Gasteiger partial charge in [0.15, 0.2) is 0 Å². The second-order valence-corrected chi connectivity index (χ2v) is 15.6. The first-order valence-corrected chi connectivity index (χ1v) is 20.0. The van der Waals surface area contributed by atoms with E-state index >= 15 is 0 Å². The SMILES string of the molecule is c1ccc(-c2ccc(-c3cccc(N(c4ccc5ccccc5c4)c4ccc5c(c4)sc4c6ccccc6c(-c6cccc7ccccc67)cc54)c3)cc2)cc1. The minimum atomic E-state index is 1.12. The third kappa shape index (κ3) is 5.54. The zero-order valence-electron chi connectivity index (χ0n) is 30.6. The summed E-state index contributed by atoms with van der Waals surface area (Å²) in [6, 6.07) is 77.7. The van der Waals surface area contributed by atoms with Crippen LogP contribution >= 0.6 is 11.3 Å². The van der Waals surface area contributed by atoms with E-state index in [0.29, 0.717) is 0 Å². The molecule has 0 bridgehead atoms. The van der Waals surface area contributed by atoms with Crippen molar-refractivity contribution in [2.45, 2.75) is 0 Å². The van der Waals surface area contributed by atoms with Crippen LogP contribution in [0.4, 0.5) is 17.1 Å². The van der Waals surface area contributed by atoms with Gasteiger partial charge in [0.05, 0.1) is 0 Å². The Morgan fingerprint density at radius 3 is 1.71 bits per heavy atom. The molecule has 56 heavy (non-hydrogen) atoms. The van der Waals surface area contributed by atoms with Crippen LogP contribution < -0.4 is 4.90 Å². The van der Waals surface area contributed by atoms with Gasteiger partial charge in [0.25, 0.3) is 0 Å². The maximum Gasteiger partial charge on any atom is 0.0476 e. The Morgan fingerprint density at radius 1 is 0.286 bits per heavy atom. The molecule has 0 saturated carbocycles. The highest BCUT2D eigenvalue weighted by molar-refractivity contribution is 7.26. The predicted molar refractivity (Wildman–Crippen MR) is 243 cm³/mol. The number of rotatable bonds is 6. The van der Waals surface area contributed by atoms with E-state index in [2.05, 4.69) is 217 Å². The smallest absolute Gasteiger partial charge is 0.0476 e. The standard InChI is InChI=1S/C54H35NS/c1-2-12-36(13-3-1)38-24-26-39(27-25-38)42-18-10-19-43(32-42)55(44-29-28-37-14-4-5-16-41(37)33-44)45-30-31-49-52-35-51(47-23-11-17-40-15-6-7-20-46(40)47)48-21-8-9-22-50(48)54(52)56-53(49)34-45/h1-35H. The van der Waals surface area contributed by atoms with Crippen molar-refractivity contribution < 1.29 is 0 Å². The van der Waals surface area contributed by atoms with Crippen LogP contribution in [0.3, 0.4) is 0 Å². The molecular formula is C54H35NS. The number of thiophene rings is 1. The van der Waals surface area contributed by atoms with Crippen molar-refractivity contribution in [3.63, 3.8) is 0 Å². The molecule has 1 nitrogen and oxygen atoms in total. The first kappa shape index (κ1) is 32.4. The molecule has 11 aromatic rings. The first-order valence-electron chi connectivity index (χ1n) is 19.2. The molecule has 0 amide bonds. The zero-order valence-corrected chi connectivity index (χ0v) is 31.4. The summed E-state index contributed by atoms with van der Waals surface area (Å²) in [7, 11) is 0. The lowest BCUT2D eigenvalue weighted by Crippen LogP contribution is -2.10. The van der Waals surface area contributed by atoms with Gasteiger partial charge in [0.1, 0.15) is 0 Å². The van der Waals surface area contributed by atoms with Gasteiger partial charge in [-0.25, -0.2) is 0 Å². The molecule has 0 saturated heterocycles. The summed E-state index contributed by atoms with van der Waals surface area (Å²) in [6.07, 6.45) is 0. The van der Waals surface area contributed by atoms with Gasteiger partial charge in [-0.2, -0.15) is 0 Å². The van der Waals surface area contributed by atoms with Gasteiger partial charge in [-0.15, -0.1) is 11.3 Å². The summed E-state index contributed by atoms with van der Waals surface area (Å²) in [5, 5.41) is 10.2. The van der Waals surface area contributed by atoms with Crippen LogP contribution in [0.25, 0.3) is 85.9 Å². The van der Waals surface area contributed by atoms with Crippen LogP contribution in [0.5, 0.6) is 0 Å². The number of anilines is 3. The van der Waals surface area contributed by atoms with Gasteiger partial charge in [-0.3, -0.25) is 0 Å². The highest BCUT2D eigenvalue weighted by Crippen LogP contribution is 2.46. The van der Waals surface area contributed by atoms with Crippen molar-refractivity contribution in [1.82, 2.24) is 0 Å². The highest BCUT2D eigenvalue weighted by atomic mass is 32.1. The van der Waals surface area contributed by atoms with Gasteiger partial charge >= 0.3 is 0 Å². The van der Waals surface area contributed by atoms with Gasteiger partial charge < -0.3 is 4.90 Å². The summed E-state index contributed by atoms with van der Waals surface area (Å²) in [5.74, 6) is 0. The quantitative estimate of drug-likeness (QED) is 0.165. The monoisotopic (exact) mass is 729 g/mol. The minimum Gasteiger partial charge on any atom is -0.310 e. The van der Waals surface area contributed by atoms with Crippen molar-refractivity contribution in [3.8, 4) is 33.4 Å². The second-order valence-electron chi connectivity index (χ2n) is 14.5. The molecule has 0 aliphatic carbocycles. The van der Waals surface area contributed by atoms with Crippen LogP contribution in [0.2, 0.25) is 0 Å². The molecule has 0 aliphatic rings. The Hall–Kier alpha value is -7.00. The molecule has 1 aromatic heterocycles. The third-order valence-corrected chi connectivity index (χ3v) is 12.4. The lowest BCUT2D eigenvalue weighted by Gasteiger charge is -2.26. The van der Waals surface area contributed by atoms with Crippen molar-refractivity contribution in [3.05, 3.63) is 212 Å². The molecule has 0 radical (unpaired) electrons. The highest BCUT2D eigenvalue weighted by Gasteiger charge is 2.19. The summed E-state index contributed by atoms with van der Waals surface area (Å²) < 4.78 is 2.60. The number of benzene rings is 10. The topological polar surface area (TPSA) is 3.24 Å². The van der Waals surface area contributed by atoms with Crippen LogP contribution in [0, 0.1) is 0 Å². The predicted octanol–water partition coefficient (Wildman–Crippen LogP) is 16.0. The minimum absolute atomic E-state index is 1.12. The average molecular weight is 730 g/mol. The fraction of sp³-hybridized carbons (Fsp3) is 0. The average Bonchev–Trinajstić information content (AvgIpc) is 3.64. The Balaban J connectivity index is 1.07. The van der Waals surface area contributed by atoms with Crippen LogP contribution in [0.1, 0.15) is 0 Å². The number of nitrogens with zero attached hydrogens (tertiary/aromatic N) is 1. The molecule has 0 fully saturated rings.